The average molecular weight is 267 g/mol. The van der Waals surface area contributed by atoms with E-state index in [2.05, 4.69) is 0 Å². The molecule has 0 aliphatic rings. The van der Waals surface area contributed by atoms with Crippen LogP contribution in [0.5, 0.6) is 5.75 Å². The van der Waals surface area contributed by atoms with Gasteiger partial charge in [-0.2, -0.15) is 5.26 Å². The Kier molecular flexibility index (Phi) is 3.87. The minimum absolute atomic E-state index is 0.289. The van der Waals surface area contributed by atoms with Crippen molar-refractivity contribution in [3.63, 3.8) is 0 Å². The number of hydrogen-bond donors (Lipinski definition) is 2. The van der Waals surface area contributed by atoms with Crippen LogP contribution in [-0.4, -0.2) is 5.91 Å². The highest BCUT2D eigenvalue weighted by Gasteiger charge is 2.05. The number of rotatable bonds is 4. The molecule has 100 valence electrons. The van der Waals surface area contributed by atoms with Gasteiger partial charge in [0.25, 0.3) is 0 Å². The second kappa shape index (κ2) is 5.76. The van der Waals surface area contributed by atoms with E-state index in [0.29, 0.717) is 22.6 Å². The summed E-state index contributed by atoms with van der Waals surface area (Å²) in [5.41, 5.74) is 13.0. The van der Waals surface area contributed by atoms with Crippen LogP contribution in [0.4, 0.5) is 5.69 Å². The second-order valence-electron chi connectivity index (χ2n) is 4.22. The maximum atomic E-state index is 11.0. The van der Waals surface area contributed by atoms with Crippen LogP contribution >= 0.6 is 0 Å². The third-order valence-electron chi connectivity index (χ3n) is 2.76. The third-order valence-corrected chi connectivity index (χ3v) is 2.76. The molecule has 2 aromatic rings. The van der Waals surface area contributed by atoms with Crippen molar-refractivity contribution in [1.82, 2.24) is 0 Å². The Hall–Kier alpha value is -3.00. The number of anilines is 1. The van der Waals surface area contributed by atoms with E-state index in [4.69, 9.17) is 21.5 Å². The second-order valence-corrected chi connectivity index (χ2v) is 4.22. The van der Waals surface area contributed by atoms with Gasteiger partial charge in [-0.05, 0) is 35.9 Å². The minimum Gasteiger partial charge on any atom is -0.488 e. The molecule has 0 spiro atoms. The predicted molar refractivity (Wildman–Crippen MR) is 74.9 cm³/mol. The molecule has 20 heavy (non-hydrogen) atoms. The lowest BCUT2D eigenvalue weighted by atomic mass is 10.1. The first-order valence-corrected chi connectivity index (χ1v) is 5.91. The molecule has 5 heteroatoms. The molecular formula is C15H13N3O2. The normalized spacial score (nSPS) is 9.75. The number of nitrogens with zero attached hydrogens (tertiary/aromatic N) is 1. The summed E-state index contributed by atoms with van der Waals surface area (Å²) in [6.07, 6.45) is 0. The summed E-state index contributed by atoms with van der Waals surface area (Å²) in [7, 11) is 0. The van der Waals surface area contributed by atoms with E-state index in [1.165, 1.54) is 0 Å². The van der Waals surface area contributed by atoms with E-state index < -0.39 is 5.91 Å². The van der Waals surface area contributed by atoms with Crippen LogP contribution < -0.4 is 16.2 Å². The minimum atomic E-state index is -0.470. The molecule has 5 nitrogen and oxygen atoms in total. The highest BCUT2D eigenvalue weighted by Crippen LogP contribution is 2.21. The monoisotopic (exact) mass is 267 g/mol. The lowest BCUT2D eigenvalue weighted by Gasteiger charge is -2.08. The van der Waals surface area contributed by atoms with Gasteiger partial charge in [-0.25, -0.2) is 0 Å². The summed E-state index contributed by atoms with van der Waals surface area (Å²) in [6.45, 7) is 0.289. The topological polar surface area (TPSA) is 102 Å². The molecule has 4 N–H and O–H groups in total. The molecule has 0 saturated carbocycles. The van der Waals surface area contributed by atoms with Crippen LogP contribution in [0, 0.1) is 11.3 Å². The number of primary amides is 1. The van der Waals surface area contributed by atoms with Crippen LogP contribution in [0.2, 0.25) is 0 Å². The zero-order chi connectivity index (χ0) is 14.5. The summed E-state index contributed by atoms with van der Waals surface area (Å²) in [5, 5.41) is 9.00. The summed E-state index contributed by atoms with van der Waals surface area (Å²) >= 11 is 0. The Morgan fingerprint density at radius 3 is 2.50 bits per heavy atom. The molecular weight excluding hydrogens is 254 g/mol. The Morgan fingerprint density at radius 2 is 1.90 bits per heavy atom. The molecule has 1 amide bonds. The van der Waals surface area contributed by atoms with Crippen molar-refractivity contribution in [2.24, 2.45) is 5.73 Å². The molecule has 0 atom stereocenters. The first-order chi connectivity index (χ1) is 9.60. The highest BCUT2D eigenvalue weighted by atomic mass is 16.5. The van der Waals surface area contributed by atoms with Crippen LogP contribution in [-0.2, 0) is 6.61 Å². The predicted octanol–water partition coefficient (Wildman–Crippen LogP) is 1.82. The van der Waals surface area contributed by atoms with Gasteiger partial charge in [0, 0.05) is 11.3 Å². The summed E-state index contributed by atoms with van der Waals surface area (Å²) in [4.78, 5) is 11.0. The average Bonchev–Trinajstić information content (AvgIpc) is 2.46. The molecule has 2 aromatic carbocycles. The number of nitriles is 1. The van der Waals surface area contributed by atoms with Gasteiger partial charge in [0.1, 0.15) is 18.4 Å². The van der Waals surface area contributed by atoms with Gasteiger partial charge in [-0.3, -0.25) is 4.79 Å². The molecule has 0 aliphatic carbocycles. The van der Waals surface area contributed by atoms with Crippen molar-refractivity contribution in [3.05, 3.63) is 59.2 Å². The largest absolute Gasteiger partial charge is 0.488 e. The molecule has 0 unspecified atom stereocenters. The molecule has 0 aliphatic heterocycles. The lowest BCUT2D eigenvalue weighted by Crippen LogP contribution is -2.10. The summed E-state index contributed by atoms with van der Waals surface area (Å²) in [5.74, 6) is 0.00319. The lowest BCUT2D eigenvalue weighted by molar-refractivity contribution is 0.1000. The summed E-state index contributed by atoms with van der Waals surface area (Å²) < 4.78 is 5.58. The number of nitrogens with two attached hydrogens (primary N) is 2. The van der Waals surface area contributed by atoms with Crippen LogP contribution in [0.1, 0.15) is 21.5 Å². The SMILES string of the molecule is N#Cc1cc(N)ccc1OCc1ccc(C(N)=O)cc1. The molecule has 0 saturated heterocycles. The first kappa shape index (κ1) is 13.4. The van der Waals surface area contributed by atoms with Gasteiger partial charge < -0.3 is 16.2 Å². The Balaban J connectivity index is 2.09. The fourth-order valence-corrected chi connectivity index (χ4v) is 1.69. The Morgan fingerprint density at radius 1 is 1.20 bits per heavy atom. The Labute approximate surface area is 116 Å². The number of ether oxygens (including phenoxy) is 1. The standard InChI is InChI=1S/C15H13N3O2/c16-8-12-7-13(17)5-6-14(12)20-9-10-1-3-11(4-2-10)15(18)19/h1-7H,9,17H2,(H2,18,19). The van der Waals surface area contributed by atoms with E-state index in [9.17, 15) is 4.79 Å². The number of nitrogen functional groups attached to an aromatic ring is 1. The fourth-order valence-electron chi connectivity index (χ4n) is 1.69. The number of benzene rings is 2. The third kappa shape index (κ3) is 3.06. The van der Waals surface area contributed by atoms with E-state index in [1.807, 2.05) is 6.07 Å². The van der Waals surface area contributed by atoms with E-state index in [-0.39, 0.29) is 6.61 Å². The van der Waals surface area contributed by atoms with Crippen molar-refractivity contribution in [2.75, 3.05) is 5.73 Å². The number of carbonyl (C=O) groups is 1. The van der Waals surface area contributed by atoms with Gasteiger partial charge in [0.15, 0.2) is 0 Å². The molecule has 0 radical (unpaired) electrons. The molecule has 0 bridgehead atoms. The van der Waals surface area contributed by atoms with Crippen molar-refractivity contribution >= 4 is 11.6 Å². The van der Waals surface area contributed by atoms with E-state index in [1.54, 1.807) is 42.5 Å². The van der Waals surface area contributed by atoms with Gasteiger partial charge in [-0.15, -0.1) is 0 Å². The molecule has 0 heterocycles. The van der Waals surface area contributed by atoms with Crippen molar-refractivity contribution < 1.29 is 9.53 Å². The molecule has 0 fully saturated rings. The number of carbonyl (C=O) groups excluding carboxylic acids is 1. The zero-order valence-corrected chi connectivity index (χ0v) is 10.7. The molecule has 2 rings (SSSR count). The highest BCUT2D eigenvalue weighted by molar-refractivity contribution is 5.92. The maximum Gasteiger partial charge on any atom is 0.248 e. The van der Waals surface area contributed by atoms with E-state index >= 15 is 0 Å². The summed E-state index contributed by atoms with van der Waals surface area (Å²) in [6, 6.07) is 13.7. The smallest absolute Gasteiger partial charge is 0.248 e. The van der Waals surface area contributed by atoms with Gasteiger partial charge in [0.2, 0.25) is 5.91 Å². The van der Waals surface area contributed by atoms with Crippen LogP contribution in [0.3, 0.4) is 0 Å². The van der Waals surface area contributed by atoms with Crippen molar-refractivity contribution in [3.8, 4) is 11.8 Å². The van der Waals surface area contributed by atoms with Crippen LogP contribution in [0.25, 0.3) is 0 Å². The van der Waals surface area contributed by atoms with Crippen molar-refractivity contribution in [1.29, 1.82) is 5.26 Å². The molecule has 0 aromatic heterocycles. The van der Waals surface area contributed by atoms with Gasteiger partial charge in [0.05, 0.1) is 5.56 Å². The quantitative estimate of drug-likeness (QED) is 0.825. The van der Waals surface area contributed by atoms with E-state index in [0.717, 1.165) is 5.56 Å². The van der Waals surface area contributed by atoms with Crippen LogP contribution in [0.15, 0.2) is 42.5 Å². The zero-order valence-electron chi connectivity index (χ0n) is 10.7. The van der Waals surface area contributed by atoms with Crippen molar-refractivity contribution in [2.45, 2.75) is 6.61 Å². The fraction of sp³-hybridized carbons (Fsp3) is 0.0667. The number of amides is 1. The first-order valence-electron chi connectivity index (χ1n) is 5.91. The van der Waals surface area contributed by atoms with Gasteiger partial charge in [-0.1, -0.05) is 12.1 Å². The number of hydrogen-bond acceptors (Lipinski definition) is 4. The Bertz CT molecular complexity index is 673. The van der Waals surface area contributed by atoms with Gasteiger partial charge >= 0.3 is 0 Å². The maximum absolute atomic E-state index is 11.0.